The van der Waals surface area contributed by atoms with Crippen molar-refractivity contribution < 1.29 is 4.74 Å². The SMILES string of the molecule is c1ccc2c(c1)Oc1cc(Nc3ccc4c(c3)sc3ccccc34)ccc1C21c2ccccc2-c2ccccc21. The van der Waals surface area contributed by atoms with Gasteiger partial charge in [0.1, 0.15) is 11.5 Å². The van der Waals surface area contributed by atoms with Gasteiger partial charge in [0.25, 0.3) is 0 Å². The van der Waals surface area contributed by atoms with Gasteiger partial charge in [0.05, 0.1) is 5.41 Å². The van der Waals surface area contributed by atoms with E-state index in [-0.39, 0.29) is 0 Å². The zero-order chi connectivity index (χ0) is 26.3. The number of anilines is 2. The summed E-state index contributed by atoms with van der Waals surface area (Å²) >= 11 is 1.84. The fourth-order valence-electron chi connectivity index (χ4n) is 6.91. The Morgan fingerprint density at radius 3 is 1.90 bits per heavy atom. The summed E-state index contributed by atoms with van der Waals surface area (Å²) in [6.07, 6.45) is 0. The topological polar surface area (TPSA) is 21.3 Å². The summed E-state index contributed by atoms with van der Waals surface area (Å²) in [7, 11) is 0. The number of rotatable bonds is 2. The largest absolute Gasteiger partial charge is 0.457 e. The number of nitrogens with one attached hydrogen (secondary N) is 1. The van der Waals surface area contributed by atoms with Crippen LogP contribution in [0.5, 0.6) is 11.5 Å². The highest BCUT2D eigenvalue weighted by atomic mass is 32.1. The number of hydrogen-bond donors (Lipinski definition) is 1. The predicted octanol–water partition coefficient (Wildman–Crippen LogP) is 10.3. The molecule has 0 unspecified atom stereocenters. The lowest BCUT2D eigenvalue weighted by atomic mass is 9.66. The molecule has 0 radical (unpaired) electrons. The molecule has 9 rings (SSSR count). The van der Waals surface area contributed by atoms with Gasteiger partial charge in [-0.05, 0) is 52.6 Å². The van der Waals surface area contributed by atoms with Crippen molar-refractivity contribution in [3.63, 3.8) is 0 Å². The maximum atomic E-state index is 6.64. The van der Waals surface area contributed by atoms with Crippen LogP contribution in [-0.4, -0.2) is 0 Å². The normalized spacial score (nSPS) is 13.9. The average molecular weight is 530 g/mol. The van der Waals surface area contributed by atoms with Crippen molar-refractivity contribution in [2.45, 2.75) is 5.41 Å². The Hall–Kier alpha value is -4.86. The van der Waals surface area contributed by atoms with Gasteiger partial charge < -0.3 is 10.1 Å². The Morgan fingerprint density at radius 2 is 1.07 bits per heavy atom. The number of fused-ring (bicyclic) bond motifs is 12. The van der Waals surface area contributed by atoms with Crippen LogP contribution < -0.4 is 10.1 Å². The number of hydrogen-bond acceptors (Lipinski definition) is 3. The molecule has 2 nitrogen and oxygen atoms in total. The first-order valence-electron chi connectivity index (χ1n) is 13.6. The lowest BCUT2D eigenvalue weighted by Crippen LogP contribution is -2.32. The molecule has 0 saturated heterocycles. The quantitative estimate of drug-likeness (QED) is 0.240. The van der Waals surface area contributed by atoms with Gasteiger partial charge in [0.2, 0.25) is 0 Å². The van der Waals surface area contributed by atoms with Crippen molar-refractivity contribution in [1.82, 2.24) is 0 Å². The van der Waals surface area contributed by atoms with Gasteiger partial charge in [-0.2, -0.15) is 0 Å². The number of ether oxygens (including phenoxy) is 1. The molecule has 2 aliphatic rings. The van der Waals surface area contributed by atoms with Crippen molar-refractivity contribution >= 4 is 42.9 Å². The van der Waals surface area contributed by atoms with E-state index in [0.717, 1.165) is 22.9 Å². The van der Waals surface area contributed by atoms with Gasteiger partial charge in [-0.15, -0.1) is 11.3 Å². The minimum Gasteiger partial charge on any atom is -0.457 e. The Balaban J connectivity index is 1.21. The molecule has 2 heterocycles. The minimum absolute atomic E-state index is 0.425. The summed E-state index contributed by atoms with van der Waals surface area (Å²) in [4.78, 5) is 0. The molecular formula is C37H23NOS. The lowest BCUT2D eigenvalue weighted by molar-refractivity contribution is 0.436. The van der Waals surface area contributed by atoms with E-state index in [4.69, 9.17) is 4.74 Å². The maximum Gasteiger partial charge on any atom is 0.134 e. The highest BCUT2D eigenvalue weighted by Gasteiger charge is 2.50. The van der Waals surface area contributed by atoms with Crippen LogP contribution in [0.3, 0.4) is 0 Å². The Kier molecular flexibility index (Phi) is 4.44. The van der Waals surface area contributed by atoms with Gasteiger partial charge in [0.15, 0.2) is 0 Å². The Bertz CT molecular complexity index is 2090. The van der Waals surface area contributed by atoms with E-state index in [1.54, 1.807) is 0 Å². The molecule has 1 aromatic heterocycles. The molecule has 1 N–H and O–H groups in total. The molecular weight excluding hydrogens is 506 g/mol. The van der Waals surface area contributed by atoms with Crippen molar-refractivity contribution in [3.05, 3.63) is 156 Å². The van der Waals surface area contributed by atoms with E-state index < -0.39 is 5.41 Å². The first kappa shape index (κ1) is 22.0. The van der Waals surface area contributed by atoms with E-state index in [9.17, 15) is 0 Å². The third-order valence-corrected chi connectivity index (χ3v) is 9.65. The molecule has 3 heteroatoms. The minimum atomic E-state index is -0.425. The van der Waals surface area contributed by atoms with Crippen LogP contribution in [0.15, 0.2) is 133 Å². The highest BCUT2D eigenvalue weighted by molar-refractivity contribution is 7.25. The Labute approximate surface area is 236 Å². The summed E-state index contributed by atoms with van der Waals surface area (Å²) < 4.78 is 9.25. The third-order valence-electron chi connectivity index (χ3n) is 8.52. The van der Waals surface area contributed by atoms with Crippen molar-refractivity contribution in [3.8, 4) is 22.6 Å². The van der Waals surface area contributed by atoms with Gasteiger partial charge in [-0.3, -0.25) is 0 Å². The molecule has 188 valence electrons. The zero-order valence-corrected chi connectivity index (χ0v) is 22.3. The van der Waals surface area contributed by atoms with Gasteiger partial charge in [-0.25, -0.2) is 0 Å². The third kappa shape index (κ3) is 2.87. The Morgan fingerprint density at radius 1 is 0.475 bits per heavy atom. The fraction of sp³-hybridized carbons (Fsp3) is 0.0270. The van der Waals surface area contributed by atoms with Crippen LogP contribution in [0, 0.1) is 0 Å². The molecule has 0 atom stereocenters. The molecule has 1 aliphatic carbocycles. The molecule has 0 amide bonds. The van der Waals surface area contributed by atoms with Crippen molar-refractivity contribution in [1.29, 1.82) is 0 Å². The zero-order valence-electron chi connectivity index (χ0n) is 21.5. The van der Waals surface area contributed by atoms with E-state index in [2.05, 4.69) is 139 Å². The summed E-state index contributed by atoms with van der Waals surface area (Å²) in [5, 5.41) is 6.28. The van der Waals surface area contributed by atoms with Crippen molar-refractivity contribution in [2.75, 3.05) is 5.32 Å². The predicted molar refractivity (Wildman–Crippen MR) is 166 cm³/mol. The van der Waals surface area contributed by atoms with Crippen LogP contribution in [-0.2, 0) is 5.41 Å². The average Bonchev–Trinajstić information content (AvgIpc) is 3.51. The maximum absolute atomic E-state index is 6.64. The molecule has 0 fully saturated rings. The van der Waals surface area contributed by atoms with Gasteiger partial charge in [-0.1, -0.05) is 97.1 Å². The fourth-order valence-corrected chi connectivity index (χ4v) is 8.05. The number of para-hydroxylation sites is 1. The summed E-state index contributed by atoms with van der Waals surface area (Å²) in [5.74, 6) is 1.79. The second kappa shape index (κ2) is 8.08. The second-order valence-electron chi connectivity index (χ2n) is 10.6. The van der Waals surface area contributed by atoms with Gasteiger partial charge in [0, 0.05) is 48.7 Å². The van der Waals surface area contributed by atoms with Gasteiger partial charge >= 0.3 is 0 Å². The van der Waals surface area contributed by atoms with Crippen LogP contribution >= 0.6 is 11.3 Å². The molecule has 6 aromatic carbocycles. The van der Waals surface area contributed by atoms with E-state index in [1.165, 1.54) is 53.6 Å². The lowest BCUT2D eigenvalue weighted by Gasteiger charge is -2.39. The molecule has 1 spiro atoms. The smallest absolute Gasteiger partial charge is 0.134 e. The molecule has 0 bridgehead atoms. The number of benzene rings is 6. The van der Waals surface area contributed by atoms with Crippen molar-refractivity contribution in [2.24, 2.45) is 0 Å². The van der Waals surface area contributed by atoms with E-state index in [1.807, 2.05) is 11.3 Å². The number of thiophene rings is 1. The van der Waals surface area contributed by atoms with Crippen LogP contribution in [0.4, 0.5) is 11.4 Å². The first-order valence-corrected chi connectivity index (χ1v) is 14.4. The summed E-state index contributed by atoms with van der Waals surface area (Å²) in [5.41, 5.74) is 9.22. The van der Waals surface area contributed by atoms with E-state index in [0.29, 0.717) is 0 Å². The standard InChI is InChI=1S/C37H23NOS/c1-4-12-29-25(9-1)26-10-2-5-13-30(26)37(29)31-14-6-7-15-33(31)39-34-21-23(18-20-32(34)37)38-24-17-19-28-27-11-3-8-16-35(27)40-36(28)22-24/h1-22,38H. The van der Waals surface area contributed by atoms with E-state index >= 15 is 0 Å². The molecule has 7 aromatic rings. The highest BCUT2D eigenvalue weighted by Crippen LogP contribution is 2.62. The first-order chi connectivity index (χ1) is 19.8. The molecule has 1 aliphatic heterocycles. The molecule has 40 heavy (non-hydrogen) atoms. The van der Waals surface area contributed by atoms with Crippen LogP contribution in [0.25, 0.3) is 31.3 Å². The van der Waals surface area contributed by atoms with Crippen LogP contribution in [0.1, 0.15) is 22.3 Å². The monoisotopic (exact) mass is 529 g/mol. The summed E-state index contributed by atoms with van der Waals surface area (Å²) in [6, 6.07) is 48.0. The summed E-state index contributed by atoms with van der Waals surface area (Å²) in [6.45, 7) is 0. The van der Waals surface area contributed by atoms with Crippen LogP contribution in [0.2, 0.25) is 0 Å². The molecule has 0 saturated carbocycles. The second-order valence-corrected chi connectivity index (χ2v) is 11.7.